The van der Waals surface area contributed by atoms with E-state index in [-0.39, 0.29) is 0 Å². The van der Waals surface area contributed by atoms with Gasteiger partial charge in [0.25, 0.3) is 0 Å². The highest BCUT2D eigenvalue weighted by Crippen LogP contribution is 2.27. The van der Waals surface area contributed by atoms with Crippen molar-refractivity contribution in [2.75, 3.05) is 6.26 Å². The lowest BCUT2D eigenvalue weighted by atomic mass is 9.95. The van der Waals surface area contributed by atoms with E-state index in [2.05, 4.69) is 11.6 Å². The molecular weight excluding hydrogens is 252 g/mol. The van der Waals surface area contributed by atoms with E-state index in [1.165, 1.54) is 25.0 Å². The first-order chi connectivity index (χ1) is 8.69. The molecule has 0 saturated heterocycles. The Morgan fingerprint density at radius 3 is 2.56 bits per heavy atom. The zero-order valence-corrected chi connectivity index (χ0v) is 11.4. The van der Waals surface area contributed by atoms with E-state index in [1.54, 1.807) is 0 Å². The van der Waals surface area contributed by atoms with Crippen molar-refractivity contribution in [3.8, 4) is 0 Å². The van der Waals surface area contributed by atoms with Gasteiger partial charge in [-0.25, -0.2) is 8.78 Å². The Labute approximate surface area is 111 Å². The third-order valence-corrected chi connectivity index (χ3v) is 4.74. The molecule has 0 aromatic heterocycles. The molecule has 0 heterocycles. The second-order valence-corrected chi connectivity index (χ2v) is 5.96. The van der Waals surface area contributed by atoms with Gasteiger partial charge >= 0.3 is 0 Å². The molecule has 4 heteroatoms. The Balaban J connectivity index is 1.81. The zero-order valence-electron chi connectivity index (χ0n) is 10.6. The molecule has 2 rings (SSSR count). The van der Waals surface area contributed by atoms with Crippen LogP contribution >= 0.6 is 11.8 Å². The molecule has 1 aromatic carbocycles. The summed E-state index contributed by atoms with van der Waals surface area (Å²) in [6, 6.07) is 4.25. The average molecular weight is 271 g/mol. The Morgan fingerprint density at radius 1 is 1.22 bits per heavy atom. The monoisotopic (exact) mass is 271 g/mol. The average Bonchev–Trinajstić information content (AvgIpc) is 2.38. The highest BCUT2D eigenvalue weighted by atomic mass is 32.2. The molecule has 0 aliphatic heterocycles. The molecule has 0 radical (unpaired) electrons. The van der Waals surface area contributed by atoms with E-state index in [0.29, 0.717) is 18.2 Å². The molecule has 1 aliphatic carbocycles. The lowest BCUT2D eigenvalue weighted by Crippen LogP contribution is -2.33. The van der Waals surface area contributed by atoms with Gasteiger partial charge in [-0.1, -0.05) is 6.07 Å². The molecule has 0 atom stereocenters. The van der Waals surface area contributed by atoms with E-state index in [1.807, 2.05) is 11.8 Å². The molecule has 0 unspecified atom stereocenters. The predicted molar refractivity (Wildman–Crippen MR) is 72.8 cm³/mol. The van der Waals surface area contributed by atoms with Crippen LogP contribution in [0.5, 0.6) is 0 Å². The van der Waals surface area contributed by atoms with Crippen LogP contribution in [-0.4, -0.2) is 17.5 Å². The maximum absolute atomic E-state index is 13.4. The topological polar surface area (TPSA) is 12.0 Å². The summed E-state index contributed by atoms with van der Waals surface area (Å²) in [4.78, 5) is 0. The van der Waals surface area contributed by atoms with Crippen LogP contribution in [0.25, 0.3) is 0 Å². The second kappa shape index (κ2) is 6.53. The first-order valence-corrected chi connectivity index (χ1v) is 7.68. The normalized spacial score (nSPS) is 24.2. The largest absolute Gasteiger partial charge is 0.310 e. The molecule has 0 bridgehead atoms. The van der Waals surface area contributed by atoms with Gasteiger partial charge in [-0.3, -0.25) is 0 Å². The van der Waals surface area contributed by atoms with Gasteiger partial charge < -0.3 is 5.32 Å². The van der Waals surface area contributed by atoms with Crippen LogP contribution in [0.2, 0.25) is 0 Å². The van der Waals surface area contributed by atoms with Gasteiger partial charge in [0.2, 0.25) is 0 Å². The zero-order chi connectivity index (χ0) is 13.0. The molecule has 1 nitrogen and oxygen atoms in total. The molecule has 1 saturated carbocycles. The summed E-state index contributed by atoms with van der Waals surface area (Å²) in [6.07, 6.45) is 6.91. The molecule has 1 aliphatic rings. The maximum atomic E-state index is 13.4. The summed E-state index contributed by atoms with van der Waals surface area (Å²) in [5.74, 6) is -0.975. The summed E-state index contributed by atoms with van der Waals surface area (Å²) in [5, 5.41) is 4.15. The number of thioether (sulfide) groups is 1. The number of rotatable bonds is 4. The highest BCUT2D eigenvalue weighted by Gasteiger charge is 2.20. The Bertz CT molecular complexity index is 389. The van der Waals surface area contributed by atoms with E-state index in [0.717, 1.165) is 24.2 Å². The number of benzene rings is 1. The van der Waals surface area contributed by atoms with Crippen LogP contribution in [0.4, 0.5) is 8.78 Å². The minimum atomic E-state index is -0.517. The first-order valence-electron chi connectivity index (χ1n) is 6.39. The van der Waals surface area contributed by atoms with Crippen LogP contribution in [0, 0.1) is 11.6 Å². The minimum absolute atomic E-state index is 0.458. The number of hydrogen-bond acceptors (Lipinski definition) is 2. The number of halogens is 2. The summed E-state index contributed by atoms with van der Waals surface area (Å²) in [5.41, 5.74) is 0.545. The van der Waals surface area contributed by atoms with Crippen molar-refractivity contribution < 1.29 is 8.78 Å². The van der Waals surface area contributed by atoms with Crippen molar-refractivity contribution in [1.82, 2.24) is 5.32 Å². The Morgan fingerprint density at radius 2 is 1.94 bits per heavy atom. The highest BCUT2D eigenvalue weighted by molar-refractivity contribution is 7.99. The van der Waals surface area contributed by atoms with Crippen LogP contribution in [0.3, 0.4) is 0 Å². The molecule has 1 N–H and O–H groups in total. The fourth-order valence-corrected chi connectivity index (χ4v) is 3.17. The van der Waals surface area contributed by atoms with E-state index < -0.39 is 11.6 Å². The van der Waals surface area contributed by atoms with Crippen molar-refractivity contribution in [3.05, 3.63) is 35.4 Å². The van der Waals surface area contributed by atoms with Gasteiger partial charge in [0.05, 0.1) is 0 Å². The van der Waals surface area contributed by atoms with Crippen LogP contribution in [0.1, 0.15) is 31.2 Å². The number of hydrogen-bond donors (Lipinski definition) is 1. The van der Waals surface area contributed by atoms with Gasteiger partial charge in [-0.2, -0.15) is 11.8 Å². The molecule has 1 aromatic rings. The van der Waals surface area contributed by atoms with Crippen LogP contribution in [-0.2, 0) is 6.54 Å². The van der Waals surface area contributed by atoms with Gasteiger partial charge in [-0.05, 0) is 38.0 Å². The summed E-state index contributed by atoms with van der Waals surface area (Å²) >= 11 is 1.94. The summed E-state index contributed by atoms with van der Waals surface area (Å²) in [7, 11) is 0. The molecule has 1 fully saturated rings. The molecular formula is C14H19F2NS. The van der Waals surface area contributed by atoms with Crippen molar-refractivity contribution in [2.45, 2.75) is 43.5 Å². The first kappa shape index (κ1) is 13.8. The van der Waals surface area contributed by atoms with Crippen LogP contribution < -0.4 is 5.32 Å². The number of nitrogens with one attached hydrogen (secondary N) is 1. The Kier molecular flexibility index (Phi) is 5.01. The van der Waals surface area contributed by atoms with Crippen molar-refractivity contribution in [1.29, 1.82) is 0 Å². The van der Waals surface area contributed by atoms with Crippen molar-refractivity contribution >= 4 is 11.8 Å². The fraction of sp³-hybridized carbons (Fsp3) is 0.571. The van der Waals surface area contributed by atoms with Gasteiger partial charge in [0.1, 0.15) is 11.6 Å². The summed E-state index contributed by atoms with van der Waals surface area (Å²) < 4.78 is 26.2. The fourth-order valence-electron chi connectivity index (χ4n) is 2.42. The van der Waals surface area contributed by atoms with Gasteiger partial charge in [-0.15, -0.1) is 0 Å². The maximum Gasteiger partial charge on any atom is 0.130 e. The minimum Gasteiger partial charge on any atom is -0.310 e. The van der Waals surface area contributed by atoms with Gasteiger partial charge in [0.15, 0.2) is 0 Å². The molecule has 18 heavy (non-hydrogen) atoms. The lowest BCUT2D eigenvalue weighted by Gasteiger charge is -2.28. The third kappa shape index (κ3) is 3.69. The van der Waals surface area contributed by atoms with E-state index >= 15 is 0 Å². The summed E-state index contributed by atoms with van der Waals surface area (Å²) in [6.45, 7) is 0.487. The quantitative estimate of drug-likeness (QED) is 0.895. The van der Waals surface area contributed by atoms with Crippen molar-refractivity contribution in [3.63, 3.8) is 0 Å². The van der Waals surface area contributed by atoms with Crippen molar-refractivity contribution in [2.24, 2.45) is 0 Å². The second-order valence-electron chi connectivity index (χ2n) is 4.83. The molecule has 0 amide bonds. The van der Waals surface area contributed by atoms with E-state index in [9.17, 15) is 8.78 Å². The predicted octanol–water partition coefficient (Wildman–Crippen LogP) is 3.73. The molecule has 0 spiro atoms. The lowest BCUT2D eigenvalue weighted by molar-refractivity contribution is 0.376. The Hall–Kier alpha value is -0.610. The van der Waals surface area contributed by atoms with Gasteiger partial charge in [0, 0.05) is 29.5 Å². The van der Waals surface area contributed by atoms with E-state index in [4.69, 9.17) is 0 Å². The third-order valence-electron chi connectivity index (χ3n) is 3.60. The molecule has 100 valence electrons. The smallest absolute Gasteiger partial charge is 0.130 e. The SMILES string of the molecule is CS[C@H]1CC[C@H](NCc2ccc(F)cc2F)CC1. The van der Waals surface area contributed by atoms with Crippen LogP contribution in [0.15, 0.2) is 18.2 Å². The standard InChI is InChI=1S/C14H19F2NS/c1-18-13-6-4-12(5-7-13)17-9-10-2-3-11(15)8-14(10)16/h2-3,8,12-13,17H,4-7,9H2,1H3/t12-,13-.